The van der Waals surface area contributed by atoms with Crippen molar-refractivity contribution in [1.29, 1.82) is 0 Å². The van der Waals surface area contributed by atoms with Crippen LogP contribution in [0, 0.1) is 0 Å². The highest BCUT2D eigenvalue weighted by Crippen LogP contribution is 2.14. The number of oxime groups is 1. The van der Waals surface area contributed by atoms with E-state index in [2.05, 4.69) is 27.0 Å². The Kier molecular flexibility index (Phi) is 4.11. The number of pyridine rings is 1. The SMILES string of the molecule is CN1CCN(Cc2ccc(O)c(/C=N/O)n2)CC1. The first-order chi connectivity index (χ1) is 8.69. The van der Waals surface area contributed by atoms with Crippen molar-refractivity contribution in [2.45, 2.75) is 6.54 Å². The number of likely N-dealkylation sites (N-methyl/N-ethyl adjacent to an activating group) is 1. The van der Waals surface area contributed by atoms with Gasteiger partial charge < -0.3 is 15.2 Å². The van der Waals surface area contributed by atoms with E-state index in [9.17, 15) is 5.11 Å². The maximum atomic E-state index is 9.52. The number of aromatic hydroxyl groups is 1. The van der Waals surface area contributed by atoms with E-state index in [0.29, 0.717) is 5.69 Å². The van der Waals surface area contributed by atoms with Crippen molar-refractivity contribution in [3.05, 3.63) is 23.5 Å². The first-order valence-electron chi connectivity index (χ1n) is 5.96. The zero-order valence-electron chi connectivity index (χ0n) is 10.5. The van der Waals surface area contributed by atoms with Gasteiger partial charge in [0.25, 0.3) is 0 Å². The summed E-state index contributed by atoms with van der Waals surface area (Å²) in [5, 5.41) is 20.9. The van der Waals surface area contributed by atoms with Crippen LogP contribution in [0.15, 0.2) is 17.3 Å². The van der Waals surface area contributed by atoms with Crippen LogP contribution in [-0.2, 0) is 6.54 Å². The molecular formula is C12H18N4O2. The molecule has 1 aromatic rings. The molecule has 2 N–H and O–H groups in total. The lowest BCUT2D eigenvalue weighted by atomic mass is 10.2. The molecule has 6 heteroatoms. The van der Waals surface area contributed by atoms with Crippen molar-refractivity contribution in [2.24, 2.45) is 5.16 Å². The second kappa shape index (κ2) is 5.79. The van der Waals surface area contributed by atoms with E-state index < -0.39 is 0 Å². The lowest BCUT2D eigenvalue weighted by Crippen LogP contribution is -2.44. The Bertz CT molecular complexity index is 428. The maximum absolute atomic E-state index is 9.52. The highest BCUT2D eigenvalue weighted by atomic mass is 16.4. The summed E-state index contributed by atoms with van der Waals surface area (Å²) in [5.41, 5.74) is 1.16. The predicted octanol–water partition coefficient (Wildman–Crippen LogP) is 0.343. The molecule has 1 aliphatic heterocycles. The second-order valence-corrected chi connectivity index (χ2v) is 4.53. The van der Waals surface area contributed by atoms with Gasteiger partial charge in [-0.15, -0.1) is 0 Å². The van der Waals surface area contributed by atoms with Crippen LogP contribution < -0.4 is 0 Å². The third-order valence-corrected chi connectivity index (χ3v) is 3.12. The Hall–Kier alpha value is -1.66. The first-order valence-corrected chi connectivity index (χ1v) is 5.96. The topological polar surface area (TPSA) is 72.2 Å². The number of piperazine rings is 1. The van der Waals surface area contributed by atoms with Gasteiger partial charge in [-0.25, -0.2) is 4.98 Å². The van der Waals surface area contributed by atoms with Gasteiger partial charge in [0, 0.05) is 32.7 Å². The fourth-order valence-corrected chi connectivity index (χ4v) is 1.98. The average Bonchev–Trinajstić information content (AvgIpc) is 2.37. The van der Waals surface area contributed by atoms with Crippen LogP contribution in [0.5, 0.6) is 5.75 Å². The van der Waals surface area contributed by atoms with Crippen molar-refractivity contribution in [2.75, 3.05) is 33.2 Å². The summed E-state index contributed by atoms with van der Waals surface area (Å²) in [7, 11) is 2.12. The molecule has 0 amide bonds. The van der Waals surface area contributed by atoms with E-state index in [1.807, 2.05) is 0 Å². The average molecular weight is 250 g/mol. The Morgan fingerprint density at radius 3 is 2.72 bits per heavy atom. The van der Waals surface area contributed by atoms with Crippen LogP contribution in [0.4, 0.5) is 0 Å². The highest BCUT2D eigenvalue weighted by molar-refractivity contribution is 5.80. The molecule has 0 saturated carbocycles. The monoisotopic (exact) mass is 250 g/mol. The van der Waals surface area contributed by atoms with E-state index in [0.717, 1.165) is 44.6 Å². The van der Waals surface area contributed by atoms with Gasteiger partial charge in [0.1, 0.15) is 11.4 Å². The minimum absolute atomic E-state index is 0.0231. The summed E-state index contributed by atoms with van der Waals surface area (Å²) in [4.78, 5) is 8.88. The van der Waals surface area contributed by atoms with Gasteiger partial charge in [-0.3, -0.25) is 4.90 Å². The molecule has 2 heterocycles. The van der Waals surface area contributed by atoms with Gasteiger partial charge in [-0.05, 0) is 19.2 Å². The maximum Gasteiger partial charge on any atom is 0.142 e. The quantitative estimate of drug-likeness (QED) is 0.460. The van der Waals surface area contributed by atoms with Crippen LogP contribution in [0.2, 0.25) is 0 Å². The van der Waals surface area contributed by atoms with Gasteiger partial charge in [0.2, 0.25) is 0 Å². The number of hydrogen-bond donors (Lipinski definition) is 2. The summed E-state index contributed by atoms with van der Waals surface area (Å²) in [5.74, 6) is 0.0231. The summed E-state index contributed by atoms with van der Waals surface area (Å²) in [6.07, 6.45) is 1.14. The van der Waals surface area contributed by atoms with Crippen molar-refractivity contribution in [1.82, 2.24) is 14.8 Å². The molecule has 1 aliphatic rings. The smallest absolute Gasteiger partial charge is 0.142 e. The lowest BCUT2D eigenvalue weighted by Gasteiger charge is -2.32. The van der Waals surface area contributed by atoms with Crippen LogP contribution in [0.3, 0.4) is 0 Å². The van der Waals surface area contributed by atoms with Crippen molar-refractivity contribution in [3.63, 3.8) is 0 Å². The van der Waals surface area contributed by atoms with Gasteiger partial charge in [0.05, 0.1) is 11.9 Å². The molecule has 0 spiro atoms. The fraction of sp³-hybridized carbons (Fsp3) is 0.500. The molecule has 2 rings (SSSR count). The molecule has 6 nitrogen and oxygen atoms in total. The van der Waals surface area contributed by atoms with Crippen molar-refractivity contribution < 1.29 is 10.3 Å². The summed E-state index contributed by atoms with van der Waals surface area (Å²) < 4.78 is 0. The molecule has 18 heavy (non-hydrogen) atoms. The fourth-order valence-electron chi connectivity index (χ4n) is 1.98. The molecule has 0 radical (unpaired) electrons. The standard InChI is InChI=1S/C12H18N4O2/c1-15-4-6-16(7-5-15)9-10-2-3-12(17)11(14-10)8-13-18/h2-3,8,17-18H,4-7,9H2,1H3/b13-8+. The molecular weight excluding hydrogens is 232 g/mol. The number of rotatable bonds is 3. The zero-order valence-corrected chi connectivity index (χ0v) is 10.5. The molecule has 98 valence electrons. The Morgan fingerprint density at radius 2 is 2.06 bits per heavy atom. The minimum atomic E-state index is 0.0231. The highest BCUT2D eigenvalue weighted by Gasteiger charge is 2.14. The molecule has 0 aromatic carbocycles. The van der Waals surface area contributed by atoms with Crippen LogP contribution in [0.25, 0.3) is 0 Å². The second-order valence-electron chi connectivity index (χ2n) is 4.53. The van der Waals surface area contributed by atoms with Crippen LogP contribution in [0.1, 0.15) is 11.4 Å². The largest absolute Gasteiger partial charge is 0.506 e. The third kappa shape index (κ3) is 3.18. The summed E-state index contributed by atoms with van der Waals surface area (Å²) >= 11 is 0. The zero-order chi connectivity index (χ0) is 13.0. The molecule has 0 bridgehead atoms. The third-order valence-electron chi connectivity index (χ3n) is 3.12. The molecule has 1 fully saturated rings. The van der Waals surface area contributed by atoms with Gasteiger partial charge in [-0.2, -0.15) is 0 Å². The number of aromatic nitrogens is 1. The lowest BCUT2D eigenvalue weighted by molar-refractivity contribution is 0.147. The first kappa shape index (κ1) is 12.8. The van der Waals surface area contributed by atoms with E-state index in [1.54, 1.807) is 12.1 Å². The Morgan fingerprint density at radius 1 is 1.33 bits per heavy atom. The molecule has 0 aliphatic carbocycles. The minimum Gasteiger partial charge on any atom is -0.506 e. The molecule has 0 atom stereocenters. The Labute approximate surface area is 106 Å². The van der Waals surface area contributed by atoms with E-state index >= 15 is 0 Å². The van der Waals surface area contributed by atoms with E-state index in [1.165, 1.54) is 0 Å². The van der Waals surface area contributed by atoms with Gasteiger partial charge in [-0.1, -0.05) is 5.16 Å². The van der Waals surface area contributed by atoms with Crippen LogP contribution >= 0.6 is 0 Å². The van der Waals surface area contributed by atoms with Crippen molar-refractivity contribution in [3.8, 4) is 5.75 Å². The van der Waals surface area contributed by atoms with E-state index in [-0.39, 0.29) is 5.75 Å². The number of nitrogens with zero attached hydrogens (tertiary/aromatic N) is 4. The Balaban J connectivity index is 2.03. The molecule has 1 saturated heterocycles. The summed E-state index contributed by atoms with van der Waals surface area (Å²) in [6, 6.07) is 3.37. The normalized spacial score (nSPS) is 18.5. The van der Waals surface area contributed by atoms with E-state index in [4.69, 9.17) is 5.21 Å². The van der Waals surface area contributed by atoms with Crippen LogP contribution in [-0.4, -0.2) is 64.5 Å². The van der Waals surface area contributed by atoms with Gasteiger partial charge >= 0.3 is 0 Å². The molecule has 1 aromatic heterocycles. The molecule has 0 unspecified atom stereocenters. The predicted molar refractivity (Wildman–Crippen MR) is 68.1 cm³/mol. The summed E-state index contributed by atoms with van der Waals surface area (Å²) in [6.45, 7) is 4.90. The number of hydrogen-bond acceptors (Lipinski definition) is 6. The van der Waals surface area contributed by atoms with Crippen molar-refractivity contribution >= 4 is 6.21 Å². The van der Waals surface area contributed by atoms with Gasteiger partial charge in [0.15, 0.2) is 0 Å².